The van der Waals surface area contributed by atoms with Gasteiger partial charge in [-0.25, -0.2) is 4.79 Å². The molecule has 1 saturated heterocycles. The van der Waals surface area contributed by atoms with Gasteiger partial charge in [-0.1, -0.05) is 12.1 Å². The highest BCUT2D eigenvalue weighted by Crippen LogP contribution is 2.23. The van der Waals surface area contributed by atoms with Crippen molar-refractivity contribution in [2.45, 2.75) is 19.8 Å². The Hall–Kier alpha value is -2.04. The molecule has 0 spiro atoms. The van der Waals surface area contributed by atoms with Crippen molar-refractivity contribution in [3.05, 3.63) is 24.3 Å². The number of likely N-dealkylation sites (tertiary alicyclic amines) is 1. The van der Waals surface area contributed by atoms with E-state index < -0.39 is 0 Å². The third-order valence-electron chi connectivity index (χ3n) is 2.99. The van der Waals surface area contributed by atoms with Crippen molar-refractivity contribution >= 4 is 17.6 Å². The molecule has 2 amide bonds. The largest absolute Gasteiger partial charge is 0.492 e. The number of nitrogens with one attached hydrogen (secondary N) is 1. The second-order valence-electron chi connectivity index (χ2n) is 4.41. The zero-order valence-corrected chi connectivity index (χ0v) is 11.3. The molecule has 1 N–H and O–H groups in total. The summed E-state index contributed by atoms with van der Waals surface area (Å²) >= 11 is 0. The molecular formula is C14H19N3O2. The Morgan fingerprint density at radius 1 is 1.47 bits per heavy atom. The van der Waals surface area contributed by atoms with Crippen LogP contribution in [0.1, 0.15) is 19.8 Å². The summed E-state index contributed by atoms with van der Waals surface area (Å²) in [5.74, 6) is 1.50. The standard InChI is InChI=1S/C14H19N3O2/c1-3-19-12-8-5-4-7-11(12)15-14(18)16-13-9-6-10-17(13)2/h4-5,7-8H,3,6,9-10H2,1-2H3,(H,15,18). The summed E-state index contributed by atoms with van der Waals surface area (Å²) < 4.78 is 5.46. The van der Waals surface area contributed by atoms with Crippen molar-refractivity contribution in [2.75, 3.05) is 25.5 Å². The number of nitrogens with zero attached hydrogens (tertiary/aromatic N) is 2. The SMILES string of the molecule is CCOc1ccccc1NC(=O)N=C1CCCN1C. The van der Waals surface area contributed by atoms with Crippen molar-refractivity contribution in [1.82, 2.24) is 4.90 Å². The first kappa shape index (κ1) is 13.4. The van der Waals surface area contributed by atoms with Gasteiger partial charge in [0.25, 0.3) is 0 Å². The zero-order valence-electron chi connectivity index (χ0n) is 11.3. The smallest absolute Gasteiger partial charge is 0.347 e. The Labute approximate surface area is 113 Å². The number of rotatable bonds is 3. The van der Waals surface area contributed by atoms with Crippen molar-refractivity contribution < 1.29 is 9.53 Å². The lowest BCUT2D eigenvalue weighted by Gasteiger charge is -2.12. The lowest BCUT2D eigenvalue weighted by molar-refractivity contribution is 0.259. The van der Waals surface area contributed by atoms with Crippen LogP contribution in [-0.4, -0.2) is 37.0 Å². The van der Waals surface area contributed by atoms with Gasteiger partial charge >= 0.3 is 6.03 Å². The summed E-state index contributed by atoms with van der Waals surface area (Å²) in [6.07, 6.45) is 1.91. The Balaban J connectivity index is 2.06. The van der Waals surface area contributed by atoms with Crippen LogP contribution in [0, 0.1) is 0 Å². The maximum absolute atomic E-state index is 11.9. The van der Waals surface area contributed by atoms with Gasteiger partial charge < -0.3 is 15.0 Å². The predicted molar refractivity (Wildman–Crippen MR) is 75.9 cm³/mol. The lowest BCUT2D eigenvalue weighted by Crippen LogP contribution is -2.21. The van der Waals surface area contributed by atoms with Crippen LogP contribution in [0.15, 0.2) is 29.3 Å². The monoisotopic (exact) mass is 261 g/mol. The molecule has 1 heterocycles. The molecule has 1 aromatic carbocycles. The van der Waals surface area contributed by atoms with E-state index in [9.17, 15) is 4.79 Å². The van der Waals surface area contributed by atoms with Gasteiger partial charge in [0.05, 0.1) is 12.3 Å². The molecule has 1 aliphatic rings. The number of amides is 2. The molecule has 5 heteroatoms. The summed E-state index contributed by atoms with van der Waals surface area (Å²) in [5, 5.41) is 2.76. The fourth-order valence-electron chi connectivity index (χ4n) is 2.05. The van der Waals surface area contributed by atoms with Gasteiger partial charge in [0, 0.05) is 20.0 Å². The molecule has 0 saturated carbocycles. The third-order valence-corrected chi connectivity index (χ3v) is 2.99. The summed E-state index contributed by atoms with van der Waals surface area (Å²) in [5.41, 5.74) is 0.652. The topological polar surface area (TPSA) is 53.9 Å². The maximum atomic E-state index is 11.9. The van der Waals surface area contributed by atoms with Gasteiger partial charge in [-0.05, 0) is 25.5 Å². The Bertz CT molecular complexity index is 485. The first-order valence-corrected chi connectivity index (χ1v) is 6.52. The van der Waals surface area contributed by atoms with Crippen LogP contribution in [0.4, 0.5) is 10.5 Å². The Morgan fingerprint density at radius 3 is 2.95 bits per heavy atom. The second-order valence-corrected chi connectivity index (χ2v) is 4.41. The van der Waals surface area contributed by atoms with E-state index in [-0.39, 0.29) is 6.03 Å². The molecule has 1 aliphatic heterocycles. The number of urea groups is 1. The van der Waals surface area contributed by atoms with Crippen LogP contribution in [0.2, 0.25) is 0 Å². The molecule has 1 aromatic rings. The predicted octanol–water partition coefficient (Wildman–Crippen LogP) is 2.74. The van der Waals surface area contributed by atoms with Crippen LogP contribution in [0.25, 0.3) is 0 Å². The average molecular weight is 261 g/mol. The van der Waals surface area contributed by atoms with Gasteiger partial charge in [-0.15, -0.1) is 0 Å². The number of ether oxygens (including phenoxy) is 1. The van der Waals surface area contributed by atoms with Crippen molar-refractivity contribution in [3.8, 4) is 5.75 Å². The number of carbonyl (C=O) groups is 1. The second kappa shape index (κ2) is 6.22. The summed E-state index contributed by atoms with van der Waals surface area (Å²) in [6, 6.07) is 7.01. The number of benzene rings is 1. The van der Waals surface area contributed by atoms with E-state index in [1.165, 1.54) is 0 Å². The number of anilines is 1. The molecular weight excluding hydrogens is 242 g/mol. The average Bonchev–Trinajstić information content (AvgIpc) is 2.78. The third kappa shape index (κ3) is 3.47. The van der Waals surface area contributed by atoms with Crippen molar-refractivity contribution in [1.29, 1.82) is 0 Å². The van der Waals surface area contributed by atoms with E-state index in [0.29, 0.717) is 18.0 Å². The van der Waals surface area contributed by atoms with Crippen LogP contribution in [0.5, 0.6) is 5.75 Å². The molecule has 0 radical (unpaired) electrons. The number of carbonyl (C=O) groups excluding carboxylic acids is 1. The van der Waals surface area contributed by atoms with E-state index >= 15 is 0 Å². The van der Waals surface area contributed by atoms with Crippen molar-refractivity contribution in [2.24, 2.45) is 4.99 Å². The number of hydrogen-bond acceptors (Lipinski definition) is 2. The van der Waals surface area contributed by atoms with Crippen LogP contribution in [0.3, 0.4) is 0 Å². The van der Waals surface area contributed by atoms with Crippen LogP contribution in [-0.2, 0) is 0 Å². The van der Waals surface area contributed by atoms with Gasteiger partial charge in [-0.3, -0.25) is 0 Å². The van der Waals surface area contributed by atoms with Gasteiger partial charge in [0.1, 0.15) is 11.6 Å². The van der Waals surface area contributed by atoms with E-state index in [2.05, 4.69) is 10.3 Å². The highest BCUT2D eigenvalue weighted by atomic mass is 16.5. The minimum absolute atomic E-state index is 0.351. The molecule has 0 unspecified atom stereocenters. The molecule has 0 aromatic heterocycles. The fraction of sp³-hybridized carbons (Fsp3) is 0.429. The highest BCUT2D eigenvalue weighted by molar-refractivity contribution is 6.00. The summed E-state index contributed by atoms with van der Waals surface area (Å²) in [4.78, 5) is 18.0. The van der Waals surface area contributed by atoms with Gasteiger partial charge in [0.15, 0.2) is 0 Å². The highest BCUT2D eigenvalue weighted by Gasteiger charge is 2.16. The molecule has 19 heavy (non-hydrogen) atoms. The number of aliphatic imine (C=N–C) groups is 1. The van der Waals surface area contributed by atoms with Crippen LogP contribution < -0.4 is 10.1 Å². The quantitative estimate of drug-likeness (QED) is 0.910. The fourth-order valence-corrected chi connectivity index (χ4v) is 2.05. The van der Waals surface area contributed by atoms with E-state index in [1.807, 2.05) is 37.1 Å². The molecule has 102 valence electrons. The molecule has 1 fully saturated rings. The summed E-state index contributed by atoms with van der Waals surface area (Å²) in [7, 11) is 1.95. The van der Waals surface area contributed by atoms with E-state index in [0.717, 1.165) is 25.2 Å². The summed E-state index contributed by atoms with van der Waals surface area (Å²) in [6.45, 7) is 3.43. The molecule has 2 rings (SSSR count). The van der Waals surface area contributed by atoms with Gasteiger partial charge in [-0.2, -0.15) is 4.99 Å². The first-order valence-electron chi connectivity index (χ1n) is 6.52. The minimum Gasteiger partial charge on any atom is -0.492 e. The number of amidine groups is 1. The number of hydrogen-bond donors (Lipinski definition) is 1. The Kier molecular flexibility index (Phi) is 4.39. The first-order chi connectivity index (χ1) is 9.20. The maximum Gasteiger partial charge on any atom is 0.347 e. The van der Waals surface area contributed by atoms with Crippen LogP contribution >= 0.6 is 0 Å². The molecule has 0 atom stereocenters. The number of para-hydroxylation sites is 2. The van der Waals surface area contributed by atoms with E-state index in [4.69, 9.17) is 4.74 Å². The zero-order chi connectivity index (χ0) is 13.7. The van der Waals surface area contributed by atoms with Gasteiger partial charge in [0.2, 0.25) is 0 Å². The normalized spacial score (nSPS) is 16.7. The Morgan fingerprint density at radius 2 is 2.26 bits per heavy atom. The minimum atomic E-state index is -0.351. The molecule has 0 aliphatic carbocycles. The lowest BCUT2D eigenvalue weighted by atomic mass is 10.3. The van der Waals surface area contributed by atoms with Crippen molar-refractivity contribution in [3.63, 3.8) is 0 Å². The molecule has 0 bridgehead atoms. The van der Waals surface area contributed by atoms with E-state index in [1.54, 1.807) is 6.07 Å². The molecule has 5 nitrogen and oxygen atoms in total.